The van der Waals surface area contributed by atoms with Gasteiger partial charge in [0.15, 0.2) is 11.5 Å². The molecule has 0 atom stereocenters. The summed E-state index contributed by atoms with van der Waals surface area (Å²) in [6.45, 7) is 0. The molecule has 3 aromatic heterocycles. The molecule has 0 aliphatic carbocycles. The summed E-state index contributed by atoms with van der Waals surface area (Å²) >= 11 is 6.08. The Morgan fingerprint density at radius 2 is 2.06 bits per heavy atom. The molecule has 3 heterocycles. The van der Waals surface area contributed by atoms with Gasteiger partial charge in [0.1, 0.15) is 11.3 Å². The number of imidazole rings is 1. The van der Waals surface area contributed by atoms with Crippen LogP contribution in [0.25, 0.3) is 22.6 Å². The molecule has 5 nitrogen and oxygen atoms in total. The molecule has 90 valence electrons. The van der Waals surface area contributed by atoms with Crippen molar-refractivity contribution in [1.29, 1.82) is 0 Å². The lowest BCUT2D eigenvalue weighted by Crippen LogP contribution is -1.96. The van der Waals surface area contributed by atoms with E-state index in [0.717, 1.165) is 0 Å². The number of pyridine rings is 2. The Kier molecular flexibility index (Phi) is 2.38. The second kappa shape index (κ2) is 3.92. The third-order valence-corrected chi connectivity index (χ3v) is 2.82. The lowest BCUT2D eigenvalue weighted by atomic mass is 10.2. The Morgan fingerprint density at radius 1 is 1.22 bits per heavy atom. The van der Waals surface area contributed by atoms with Crippen molar-refractivity contribution < 1.29 is 4.39 Å². The summed E-state index contributed by atoms with van der Waals surface area (Å²) < 4.78 is 14.2. The van der Waals surface area contributed by atoms with Crippen LogP contribution in [0.4, 0.5) is 10.2 Å². The van der Waals surface area contributed by atoms with Crippen LogP contribution in [0.2, 0.25) is 0 Å². The Labute approximate surface area is 106 Å². The van der Waals surface area contributed by atoms with Crippen molar-refractivity contribution in [3.05, 3.63) is 36.4 Å². The molecule has 18 heavy (non-hydrogen) atoms. The van der Waals surface area contributed by atoms with E-state index in [2.05, 4.69) is 15.0 Å². The average molecular weight is 264 g/mol. The van der Waals surface area contributed by atoms with E-state index in [1.54, 1.807) is 18.3 Å². The van der Waals surface area contributed by atoms with Gasteiger partial charge in [0, 0.05) is 18.0 Å². The highest BCUT2D eigenvalue weighted by molar-refractivity contribution is 6.20. The number of hydrogen-bond acceptors (Lipinski definition) is 4. The first-order valence-corrected chi connectivity index (χ1v) is 5.42. The van der Waals surface area contributed by atoms with E-state index in [1.807, 2.05) is 0 Å². The zero-order chi connectivity index (χ0) is 12.7. The molecular weight excluding hydrogens is 257 g/mol. The van der Waals surface area contributed by atoms with E-state index in [0.29, 0.717) is 22.7 Å². The molecule has 0 aliphatic heterocycles. The van der Waals surface area contributed by atoms with Crippen molar-refractivity contribution in [3.8, 4) is 11.4 Å². The summed E-state index contributed by atoms with van der Waals surface area (Å²) in [5.41, 5.74) is 7.07. The van der Waals surface area contributed by atoms with Crippen LogP contribution in [0.15, 0.2) is 30.5 Å². The summed E-state index contributed by atoms with van der Waals surface area (Å²) in [4.78, 5) is 11.9. The first kappa shape index (κ1) is 10.9. The normalized spacial score (nSPS) is 11.0. The van der Waals surface area contributed by atoms with Crippen LogP contribution >= 0.6 is 11.8 Å². The fourth-order valence-electron chi connectivity index (χ4n) is 1.68. The van der Waals surface area contributed by atoms with Crippen LogP contribution in [0.5, 0.6) is 0 Å². The van der Waals surface area contributed by atoms with Gasteiger partial charge in [0.2, 0.25) is 5.95 Å². The number of nitrogens with two attached hydrogens (primary N) is 1. The highest BCUT2D eigenvalue weighted by Crippen LogP contribution is 2.27. The van der Waals surface area contributed by atoms with Crippen molar-refractivity contribution in [1.82, 2.24) is 19.0 Å². The van der Waals surface area contributed by atoms with Gasteiger partial charge in [0.25, 0.3) is 0 Å². The van der Waals surface area contributed by atoms with Gasteiger partial charge in [-0.3, -0.25) is 0 Å². The number of fused-ring (bicyclic) bond motifs is 1. The summed E-state index contributed by atoms with van der Waals surface area (Å²) in [5.74, 6) is 0.0700. The second-order valence-electron chi connectivity index (χ2n) is 3.63. The SMILES string of the molecule is Nc1ncccc1-c1nc2ccc(F)nc2n1Cl. The van der Waals surface area contributed by atoms with Crippen molar-refractivity contribution in [2.75, 3.05) is 5.73 Å². The summed E-state index contributed by atoms with van der Waals surface area (Å²) in [6.07, 6.45) is 1.57. The predicted molar refractivity (Wildman–Crippen MR) is 66.4 cm³/mol. The molecule has 0 bridgehead atoms. The minimum absolute atomic E-state index is 0.245. The Balaban J connectivity index is 2.31. The highest BCUT2D eigenvalue weighted by Gasteiger charge is 2.15. The fraction of sp³-hybridized carbons (Fsp3) is 0. The van der Waals surface area contributed by atoms with Crippen LogP contribution < -0.4 is 5.73 Å². The number of rotatable bonds is 1. The fourth-order valence-corrected chi connectivity index (χ4v) is 1.93. The number of nitrogens with zero attached hydrogens (tertiary/aromatic N) is 4. The summed E-state index contributed by atoms with van der Waals surface area (Å²) in [6, 6.07) is 6.18. The molecular formula is C11H7ClFN5. The molecule has 0 unspecified atom stereocenters. The van der Waals surface area contributed by atoms with Crippen LogP contribution in [0.3, 0.4) is 0 Å². The topological polar surface area (TPSA) is 69.6 Å². The van der Waals surface area contributed by atoms with E-state index in [4.69, 9.17) is 17.5 Å². The van der Waals surface area contributed by atoms with Crippen molar-refractivity contribution in [2.45, 2.75) is 0 Å². The van der Waals surface area contributed by atoms with Crippen LogP contribution in [0.1, 0.15) is 0 Å². The maximum atomic E-state index is 13.1. The molecule has 0 fully saturated rings. The number of hydrogen-bond donors (Lipinski definition) is 1. The van der Waals surface area contributed by atoms with E-state index in [1.165, 1.54) is 16.2 Å². The Bertz CT molecular complexity index is 739. The van der Waals surface area contributed by atoms with E-state index in [-0.39, 0.29) is 5.65 Å². The van der Waals surface area contributed by atoms with E-state index < -0.39 is 5.95 Å². The number of anilines is 1. The molecule has 0 aliphatic rings. The first-order chi connectivity index (χ1) is 8.66. The average Bonchev–Trinajstić information content (AvgIpc) is 2.68. The zero-order valence-electron chi connectivity index (χ0n) is 9.01. The maximum absolute atomic E-state index is 13.1. The molecule has 3 rings (SSSR count). The third-order valence-electron chi connectivity index (χ3n) is 2.50. The molecule has 0 amide bonds. The molecule has 0 spiro atoms. The quantitative estimate of drug-likeness (QED) is 0.684. The smallest absolute Gasteiger partial charge is 0.214 e. The van der Waals surface area contributed by atoms with Gasteiger partial charge in [-0.1, -0.05) is 0 Å². The van der Waals surface area contributed by atoms with Crippen LogP contribution in [-0.2, 0) is 0 Å². The third kappa shape index (κ3) is 1.58. The molecule has 0 radical (unpaired) electrons. The van der Waals surface area contributed by atoms with E-state index >= 15 is 0 Å². The molecule has 2 N–H and O–H groups in total. The monoisotopic (exact) mass is 263 g/mol. The number of halogens is 2. The summed E-state index contributed by atoms with van der Waals surface area (Å²) in [5, 5.41) is 0. The van der Waals surface area contributed by atoms with Crippen LogP contribution in [-0.4, -0.2) is 19.0 Å². The predicted octanol–water partition coefficient (Wildman–Crippen LogP) is 2.22. The maximum Gasteiger partial charge on any atom is 0.214 e. The Hall–Kier alpha value is -2.21. The molecule has 0 saturated carbocycles. The largest absolute Gasteiger partial charge is 0.383 e. The molecule has 3 aromatic rings. The zero-order valence-corrected chi connectivity index (χ0v) is 9.76. The van der Waals surface area contributed by atoms with Gasteiger partial charge in [0.05, 0.1) is 5.56 Å². The van der Waals surface area contributed by atoms with Gasteiger partial charge in [-0.25, -0.2) is 14.1 Å². The minimum Gasteiger partial charge on any atom is -0.383 e. The molecule has 0 aromatic carbocycles. The van der Waals surface area contributed by atoms with Gasteiger partial charge in [-0.2, -0.15) is 9.37 Å². The van der Waals surface area contributed by atoms with Gasteiger partial charge in [-0.15, -0.1) is 0 Å². The molecule has 7 heteroatoms. The van der Waals surface area contributed by atoms with Gasteiger partial charge < -0.3 is 5.73 Å². The first-order valence-electron chi connectivity index (χ1n) is 5.09. The highest BCUT2D eigenvalue weighted by atomic mass is 35.5. The second-order valence-corrected chi connectivity index (χ2v) is 3.97. The van der Waals surface area contributed by atoms with Crippen molar-refractivity contribution >= 4 is 28.8 Å². The number of nitrogen functional groups attached to an aromatic ring is 1. The van der Waals surface area contributed by atoms with Crippen molar-refractivity contribution in [3.63, 3.8) is 0 Å². The summed E-state index contributed by atoms with van der Waals surface area (Å²) in [7, 11) is 0. The van der Waals surface area contributed by atoms with Crippen LogP contribution in [0, 0.1) is 5.95 Å². The standard InChI is InChI=1S/C11H7ClFN5/c12-18-10(6-2-1-5-15-9(6)14)16-7-3-4-8(13)17-11(7)18/h1-5H,(H2,14,15). The van der Waals surface area contributed by atoms with Gasteiger partial charge >= 0.3 is 0 Å². The van der Waals surface area contributed by atoms with E-state index in [9.17, 15) is 4.39 Å². The lowest BCUT2D eigenvalue weighted by Gasteiger charge is -2.01. The van der Waals surface area contributed by atoms with Crippen molar-refractivity contribution in [2.24, 2.45) is 0 Å². The lowest BCUT2D eigenvalue weighted by molar-refractivity contribution is 0.588. The van der Waals surface area contributed by atoms with Gasteiger partial charge in [-0.05, 0) is 24.3 Å². The minimum atomic E-state index is -0.616. The molecule has 0 saturated heterocycles. The Morgan fingerprint density at radius 3 is 2.83 bits per heavy atom. The number of aromatic nitrogens is 4.